The van der Waals surface area contributed by atoms with E-state index in [0.29, 0.717) is 16.7 Å². The first-order valence-electron chi connectivity index (χ1n) is 6.39. The molecule has 1 heterocycles. The molecule has 0 saturated carbocycles. The van der Waals surface area contributed by atoms with Crippen LogP contribution in [0.3, 0.4) is 0 Å². The number of sulfone groups is 1. The number of amides is 2. The van der Waals surface area contributed by atoms with Gasteiger partial charge in [-0.25, -0.2) is 8.42 Å². The predicted octanol–water partition coefficient (Wildman–Crippen LogP) is 1.55. The molecule has 0 spiro atoms. The second-order valence-corrected chi connectivity index (χ2v) is 8.16. The Morgan fingerprint density at radius 2 is 1.90 bits per heavy atom. The van der Waals surface area contributed by atoms with Crippen LogP contribution < -0.4 is 0 Å². The van der Waals surface area contributed by atoms with E-state index in [9.17, 15) is 18.0 Å². The Hall–Kier alpha value is -1.40. The summed E-state index contributed by atoms with van der Waals surface area (Å²) >= 11 is 6.23. The number of halogens is 1. The zero-order chi connectivity index (χ0) is 15.9. The maximum absolute atomic E-state index is 12.1. The molecule has 1 aromatic rings. The summed E-state index contributed by atoms with van der Waals surface area (Å²) in [6.07, 6.45) is 1.29. The van der Waals surface area contributed by atoms with Gasteiger partial charge < -0.3 is 0 Å². The third kappa shape index (κ3) is 2.96. The summed E-state index contributed by atoms with van der Waals surface area (Å²) in [6.45, 7) is 1.53. The second-order valence-electron chi connectivity index (χ2n) is 5.29. The molecule has 2 atom stereocenters. The lowest BCUT2D eigenvalue weighted by molar-refractivity contribution is -0.127. The molecule has 0 aromatic heterocycles. The molecule has 1 aliphatic rings. The molecule has 0 radical (unpaired) electrons. The van der Waals surface area contributed by atoms with Gasteiger partial charge in [-0.05, 0) is 24.1 Å². The maximum Gasteiger partial charge on any atom is 0.260 e. The largest absolute Gasteiger partial charge is 0.281 e. The van der Waals surface area contributed by atoms with Gasteiger partial charge in [-0.1, -0.05) is 12.1 Å². The number of nitrogens with zero attached hydrogens (tertiary/aromatic N) is 1. The highest BCUT2D eigenvalue weighted by molar-refractivity contribution is 7.91. The number of hydrogen-bond acceptors (Lipinski definition) is 4. The summed E-state index contributed by atoms with van der Waals surface area (Å²) in [7, 11) is -1.86. The van der Waals surface area contributed by atoms with Crippen LogP contribution in [-0.2, 0) is 21.1 Å². The number of carbonyl (C=O) groups is 2. The fourth-order valence-electron chi connectivity index (χ4n) is 2.18. The molecule has 5 nitrogen and oxygen atoms in total. The Labute approximate surface area is 128 Å². The maximum atomic E-state index is 12.1. The molecular weight excluding hydrogens is 314 g/mol. The van der Waals surface area contributed by atoms with Crippen LogP contribution in [0.25, 0.3) is 0 Å². The highest BCUT2D eigenvalue weighted by Gasteiger charge is 2.31. The molecule has 0 fully saturated rings. The van der Waals surface area contributed by atoms with E-state index in [4.69, 9.17) is 11.6 Å². The molecule has 114 valence electrons. The Morgan fingerprint density at radius 3 is 2.48 bits per heavy atom. The van der Waals surface area contributed by atoms with Crippen LogP contribution in [0.4, 0.5) is 0 Å². The van der Waals surface area contributed by atoms with Gasteiger partial charge in [0.1, 0.15) is 0 Å². The molecule has 0 N–H and O–H groups in total. The topological polar surface area (TPSA) is 71.5 Å². The van der Waals surface area contributed by atoms with Crippen molar-refractivity contribution in [1.82, 2.24) is 4.90 Å². The number of alkyl halides is 1. The van der Waals surface area contributed by atoms with Crippen molar-refractivity contribution in [1.29, 1.82) is 0 Å². The summed E-state index contributed by atoms with van der Waals surface area (Å²) in [5.41, 5.74) is 1.60. The molecule has 1 aromatic carbocycles. The molecular formula is C14H16ClNO4S. The van der Waals surface area contributed by atoms with Crippen molar-refractivity contribution in [3.05, 3.63) is 34.9 Å². The lowest BCUT2D eigenvalue weighted by Crippen LogP contribution is -2.39. The van der Waals surface area contributed by atoms with E-state index in [-0.39, 0.29) is 18.2 Å². The Kier molecular flexibility index (Phi) is 4.13. The molecule has 2 rings (SSSR count). The molecule has 1 aliphatic heterocycles. The monoisotopic (exact) mass is 329 g/mol. The van der Waals surface area contributed by atoms with Crippen LogP contribution in [-0.4, -0.2) is 43.7 Å². The summed E-state index contributed by atoms with van der Waals surface area (Å²) in [4.78, 5) is 24.8. The minimum atomic E-state index is -3.29. The molecule has 0 saturated heterocycles. The zero-order valence-electron chi connectivity index (χ0n) is 12.0. The van der Waals surface area contributed by atoms with E-state index in [1.165, 1.54) is 14.0 Å². The van der Waals surface area contributed by atoms with Crippen molar-refractivity contribution in [2.24, 2.45) is 0 Å². The van der Waals surface area contributed by atoms with Crippen LogP contribution in [0, 0.1) is 0 Å². The van der Waals surface area contributed by atoms with Crippen molar-refractivity contribution in [3.63, 3.8) is 0 Å². The summed E-state index contributed by atoms with van der Waals surface area (Å²) in [5, 5.41) is -1.52. The first kappa shape index (κ1) is 16.0. The quantitative estimate of drug-likeness (QED) is 0.623. The molecule has 7 heteroatoms. The number of rotatable bonds is 3. The first-order valence-corrected chi connectivity index (χ1v) is 8.78. The van der Waals surface area contributed by atoms with Crippen LogP contribution in [0.1, 0.15) is 33.8 Å². The van der Waals surface area contributed by atoms with E-state index in [2.05, 4.69) is 0 Å². The van der Waals surface area contributed by atoms with Gasteiger partial charge in [0.2, 0.25) is 5.91 Å². The normalized spacial score (nSPS) is 18.4. The van der Waals surface area contributed by atoms with Gasteiger partial charge >= 0.3 is 0 Å². The molecule has 2 unspecified atom stereocenters. The number of hydrogen-bond donors (Lipinski definition) is 0. The van der Waals surface area contributed by atoms with Crippen molar-refractivity contribution in [3.8, 4) is 0 Å². The van der Waals surface area contributed by atoms with E-state index >= 15 is 0 Å². The molecule has 0 aliphatic carbocycles. The molecule has 21 heavy (non-hydrogen) atoms. The average Bonchev–Trinajstić information content (AvgIpc) is 2.42. The van der Waals surface area contributed by atoms with Crippen LogP contribution in [0.15, 0.2) is 18.2 Å². The van der Waals surface area contributed by atoms with Gasteiger partial charge in [-0.15, -0.1) is 11.6 Å². The smallest absolute Gasteiger partial charge is 0.260 e. The summed E-state index contributed by atoms with van der Waals surface area (Å²) in [5.74, 6) is -0.647. The second kappa shape index (κ2) is 5.42. The third-order valence-corrected chi connectivity index (χ3v) is 6.19. The van der Waals surface area contributed by atoms with Crippen molar-refractivity contribution in [2.75, 3.05) is 13.3 Å². The highest BCUT2D eigenvalue weighted by Crippen LogP contribution is 2.31. The highest BCUT2D eigenvalue weighted by atomic mass is 35.5. The number of fused-ring (bicyclic) bond motifs is 1. The SMILES string of the molecule is CC(C(Cl)c1ccc2c(c1)C(=O)N(C)C(=O)C2)S(C)(=O)=O. The fraction of sp³-hybridized carbons (Fsp3) is 0.429. The lowest BCUT2D eigenvalue weighted by atomic mass is 9.95. The van der Waals surface area contributed by atoms with E-state index < -0.39 is 20.5 Å². The first-order chi connectivity index (χ1) is 9.62. The van der Waals surface area contributed by atoms with E-state index in [1.54, 1.807) is 18.2 Å². The van der Waals surface area contributed by atoms with Crippen LogP contribution in [0.5, 0.6) is 0 Å². The lowest BCUT2D eigenvalue weighted by Gasteiger charge is -2.25. The predicted molar refractivity (Wildman–Crippen MR) is 80.1 cm³/mol. The van der Waals surface area contributed by atoms with E-state index in [1.807, 2.05) is 0 Å². The Bertz CT molecular complexity index is 714. The van der Waals surface area contributed by atoms with Crippen molar-refractivity contribution < 1.29 is 18.0 Å². The van der Waals surface area contributed by atoms with E-state index in [0.717, 1.165) is 11.2 Å². The number of likely N-dealkylation sites (N-methyl/N-ethyl adjacent to an activating group) is 1. The summed E-state index contributed by atoms with van der Waals surface area (Å²) < 4.78 is 23.2. The zero-order valence-corrected chi connectivity index (χ0v) is 13.5. The van der Waals surface area contributed by atoms with Crippen molar-refractivity contribution in [2.45, 2.75) is 24.0 Å². The van der Waals surface area contributed by atoms with Gasteiger partial charge in [0.15, 0.2) is 9.84 Å². The minimum Gasteiger partial charge on any atom is -0.281 e. The Balaban J connectivity index is 2.42. The third-order valence-electron chi connectivity index (χ3n) is 3.79. The van der Waals surface area contributed by atoms with Crippen molar-refractivity contribution >= 4 is 33.3 Å². The average molecular weight is 330 g/mol. The van der Waals surface area contributed by atoms with Gasteiger partial charge in [-0.3, -0.25) is 14.5 Å². The number of benzene rings is 1. The standard InChI is InChI=1S/C14H16ClNO4S/c1-8(21(3,19)20)13(15)10-5-4-9-7-12(17)16(2)14(18)11(9)6-10/h4-6,8,13H,7H2,1-3H3. The Morgan fingerprint density at radius 1 is 1.29 bits per heavy atom. The minimum absolute atomic E-state index is 0.159. The van der Waals surface area contributed by atoms with Gasteiger partial charge in [0.25, 0.3) is 5.91 Å². The van der Waals surface area contributed by atoms with Crippen LogP contribution in [0.2, 0.25) is 0 Å². The molecule has 0 bridgehead atoms. The fourth-order valence-corrected chi connectivity index (χ4v) is 3.47. The summed E-state index contributed by atoms with van der Waals surface area (Å²) in [6, 6.07) is 4.92. The number of carbonyl (C=O) groups excluding carboxylic acids is 2. The molecule has 2 amide bonds. The number of imide groups is 1. The van der Waals surface area contributed by atoms with Gasteiger partial charge in [0, 0.05) is 18.9 Å². The van der Waals surface area contributed by atoms with Gasteiger partial charge in [-0.2, -0.15) is 0 Å². The van der Waals surface area contributed by atoms with Crippen LogP contribution >= 0.6 is 11.6 Å². The van der Waals surface area contributed by atoms with Gasteiger partial charge in [0.05, 0.1) is 17.0 Å².